The van der Waals surface area contributed by atoms with Gasteiger partial charge < -0.3 is 28.5 Å². The van der Waals surface area contributed by atoms with Crippen LogP contribution in [0.1, 0.15) is 329 Å². The van der Waals surface area contributed by atoms with E-state index in [1.165, 1.54) is 199 Å². The van der Waals surface area contributed by atoms with Crippen LogP contribution in [0.15, 0.2) is 72.9 Å². The van der Waals surface area contributed by atoms with E-state index in [2.05, 4.69) is 86.8 Å². The van der Waals surface area contributed by atoms with E-state index in [1.807, 2.05) is 33.3 Å². The Morgan fingerprint density at radius 2 is 0.735 bits per heavy atom. The molecule has 0 saturated carbocycles. The van der Waals surface area contributed by atoms with Gasteiger partial charge in [-0.05, 0) is 102 Å². The smallest absolute Gasteiger partial charge is 0.306 e. The molecule has 0 fully saturated rings. The molecule has 0 rings (SSSR count). The Morgan fingerprint density at radius 3 is 1.13 bits per heavy atom. The predicted molar refractivity (Wildman–Crippen MR) is 358 cm³/mol. The normalized spacial score (nSPS) is 14.0. The van der Waals surface area contributed by atoms with Crippen LogP contribution in [-0.2, 0) is 27.9 Å². The second-order valence-corrected chi connectivity index (χ2v) is 26.4. The number of nitrogens with zero attached hydrogens (tertiary/aromatic N) is 1. The summed E-state index contributed by atoms with van der Waals surface area (Å²) in [5.41, 5.74) is 0. The lowest BCUT2D eigenvalue weighted by molar-refractivity contribution is -0.870. The SMILES string of the molecule is CCCCC/C=C\C/C=C\C/C=C\C/C=C\CCCCCCCC(=O)NC(COP(=O)([O-])OCC[N+](C)(C)C)C(/C=C/CCCCCCCCCCCCC)OC(=O)CCCCCCCCCCCCCCC/C=C/CCCCCCCC. The van der Waals surface area contributed by atoms with Crippen molar-refractivity contribution in [3.05, 3.63) is 72.9 Å². The molecule has 0 radical (unpaired) electrons. The molecule has 0 aromatic rings. The summed E-state index contributed by atoms with van der Waals surface area (Å²) in [4.78, 5) is 40.2. The lowest BCUT2D eigenvalue weighted by Gasteiger charge is -2.30. The fourth-order valence-electron chi connectivity index (χ4n) is 10.1. The molecule has 0 spiro atoms. The van der Waals surface area contributed by atoms with Crippen LogP contribution < -0.4 is 10.2 Å². The number of phosphoric ester groups is 1. The van der Waals surface area contributed by atoms with Gasteiger partial charge in [0.25, 0.3) is 7.82 Å². The molecular formula is C73H135N2O7P. The molecule has 0 aromatic heterocycles. The lowest BCUT2D eigenvalue weighted by Crippen LogP contribution is -2.47. The zero-order chi connectivity index (χ0) is 60.7. The molecule has 1 N–H and O–H groups in total. The number of ether oxygens (including phenoxy) is 1. The Morgan fingerprint density at radius 1 is 0.422 bits per heavy atom. The summed E-state index contributed by atoms with van der Waals surface area (Å²) < 4.78 is 30.4. The highest BCUT2D eigenvalue weighted by Gasteiger charge is 2.27. The Kier molecular flexibility index (Phi) is 60.6. The molecule has 0 heterocycles. The zero-order valence-electron chi connectivity index (χ0n) is 55.4. The van der Waals surface area contributed by atoms with Crippen molar-refractivity contribution in [3.63, 3.8) is 0 Å². The number of phosphoric acid groups is 1. The van der Waals surface area contributed by atoms with Gasteiger partial charge in [0.1, 0.15) is 19.3 Å². The highest BCUT2D eigenvalue weighted by atomic mass is 31.2. The average Bonchev–Trinajstić information content (AvgIpc) is 3.46. The molecule has 1 amide bonds. The average molecular weight is 1180 g/mol. The Bertz CT molecular complexity index is 1650. The number of carbonyl (C=O) groups is 2. The molecular weight excluding hydrogens is 1050 g/mol. The first kappa shape index (κ1) is 80.5. The molecule has 83 heavy (non-hydrogen) atoms. The van der Waals surface area contributed by atoms with Crippen molar-refractivity contribution in [3.8, 4) is 0 Å². The molecule has 0 saturated heterocycles. The monoisotopic (exact) mass is 1180 g/mol. The second-order valence-electron chi connectivity index (χ2n) is 25.0. The first-order valence-corrected chi connectivity index (χ1v) is 36.7. The van der Waals surface area contributed by atoms with Gasteiger partial charge in [0.2, 0.25) is 5.91 Å². The van der Waals surface area contributed by atoms with Gasteiger partial charge in [-0.25, -0.2) is 0 Å². The first-order chi connectivity index (χ1) is 40.4. The molecule has 3 unspecified atom stereocenters. The third-order valence-electron chi connectivity index (χ3n) is 15.6. The number of rotatable bonds is 64. The molecule has 0 aliphatic rings. The van der Waals surface area contributed by atoms with Crippen molar-refractivity contribution in [2.75, 3.05) is 40.9 Å². The van der Waals surface area contributed by atoms with E-state index in [1.54, 1.807) is 0 Å². The number of esters is 1. The van der Waals surface area contributed by atoms with Gasteiger partial charge in [0, 0.05) is 12.8 Å². The topological polar surface area (TPSA) is 114 Å². The summed E-state index contributed by atoms with van der Waals surface area (Å²) in [5.74, 6) is -0.553. The standard InChI is InChI=1S/C73H135N2O7P/c1-7-10-13-16-19-22-25-28-30-32-34-36-37-39-41-43-45-48-51-54-57-60-63-66-73(77)82-71(64-61-58-55-52-49-46-27-24-21-18-15-12-9-3)70(69-81-83(78,79)80-68-67-75(4,5)6)74-72(76)65-62-59-56-53-50-47-44-42-40-38-35-33-31-29-26-23-20-17-14-11-8-2/h20,23,28-31,35,38,42,44,61,64,70-71H,7-19,21-22,24-27,32-34,36-37,39-41,43,45-60,62-63,65-69H2,1-6H3,(H-,74,76,78,79)/b23-20-,30-28+,31-29-,38-35-,44-42-,64-61+. The minimum absolute atomic E-state index is 0.0276. The van der Waals surface area contributed by atoms with Crippen LogP contribution in [-0.4, -0.2) is 69.4 Å². The maximum atomic E-state index is 13.6. The molecule has 0 aliphatic carbocycles. The Balaban J connectivity index is 5.16. The highest BCUT2D eigenvalue weighted by molar-refractivity contribution is 7.45. The highest BCUT2D eigenvalue weighted by Crippen LogP contribution is 2.38. The molecule has 484 valence electrons. The number of hydrogen-bond acceptors (Lipinski definition) is 7. The molecule has 9 nitrogen and oxygen atoms in total. The van der Waals surface area contributed by atoms with E-state index in [9.17, 15) is 19.0 Å². The number of nitrogens with one attached hydrogen (secondary N) is 1. The van der Waals surface area contributed by atoms with Gasteiger partial charge in [-0.15, -0.1) is 0 Å². The van der Waals surface area contributed by atoms with E-state index in [0.29, 0.717) is 17.4 Å². The Labute approximate surface area is 514 Å². The molecule has 0 bridgehead atoms. The summed E-state index contributed by atoms with van der Waals surface area (Å²) >= 11 is 0. The summed E-state index contributed by atoms with van der Waals surface area (Å²) in [6, 6.07) is -0.901. The van der Waals surface area contributed by atoms with E-state index in [-0.39, 0.29) is 24.9 Å². The molecule has 0 aromatic carbocycles. The van der Waals surface area contributed by atoms with Gasteiger partial charge in [0.15, 0.2) is 0 Å². The maximum absolute atomic E-state index is 13.6. The van der Waals surface area contributed by atoms with Gasteiger partial charge in [0.05, 0.1) is 33.8 Å². The van der Waals surface area contributed by atoms with Crippen molar-refractivity contribution in [1.29, 1.82) is 0 Å². The van der Waals surface area contributed by atoms with Gasteiger partial charge in [-0.3, -0.25) is 14.2 Å². The van der Waals surface area contributed by atoms with Gasteiger partial charge in [-0.2, -0.15) is 0 Å². The summed E-state index contributed by atoms with van der Waals surface area (Å²) in [6.45, 7) is 6.83. The summed E-state index contributed by atoms with van der Waals surface area (Å²) in [6.07, 6.45) is 81.6. The maximum Gasteiger partial charge on any atom is 0.306 e. The van der Waals surface area contributed by atoms with Crippen LogP contribution in [0, 0.1) is 0 Å². The van der Waals surface area contributed by atoms with E-state index < -0.39 is 26.6 Å². The largest absolute Gasteiger partial charge is 0.756 e. The number of quaternary nitrogens is 1. The number of hydrogen-bond donors (Lipinski definition) is 1. The number of amides is 1. The van der Waals surface area contributed by atoms with Gasteiger partial charge >= 0.3 is 5.97 Å². The van der Waals surface area contributed by atoms with Crippen LogP contribution in [0.3, 0.4) is 0 Å². The van der Waals surface area contributed by atoms with Crippen LogP contribution >= 0.6 is 7.82 Å². The molecule has 3 atom stereocenters. The van der Waals surface area contributed by atoms with Crippen molar-refractivity contribution < 1.29 is 37.3 Å². The number of allylic oxidation sites excluding steroid dienone is 11. The van der Waals surface area contributed by atoms with Crippen molar-refractivity contribution in [2.45, 2.75) is 341 Å². The fraction of sp³-hybridized carbons (Fsp3) is 0.808. The number of carbonyl (C=O) groups excluding carboxylic acids is 2. The number of likely N-dealkylation sites (N-methyl/N-ethyl adjacent to an activating group) is 1. The van der Waals surface area contributed by atoms with Crippen LogP contribution in [0.5, 0.6) is 0 Å². The quantitative estimate of drug-likeness (QED) is 0.0212. The Hall–Kier alpha value is -2.55. The second kappa shape index (κ2) is 62.5. The fourth-order valence-corrected chi connectivity index (χ4v) is 10.9. The van der Waals surface area contributed by atoms with Gasteiger partial charge in [-0.1, -0.05) is 287 Å². The van der Waals surface area contributed by atoms with E-state index in [4.69, 9.17) is 13.8 Å². The van der Waals surface area contributed by atoms with E-state index in [0.717, 1.165) is 96.3 Å². The van der Waals surface area contributed by atoms with Crippen LogP contribution in [0.25, 0.3) is 0 Å². The van der Waals surface area contributed by atoms with Crippen molar-refractivity contribution >= 4 is 19.7 Å². The van der Waals surface area contributed by atoms with Crippen LogP contribution in [0.4, 0.5) is 0 Å². The summed E-state index contributed by atoms with van der Waals surface area (Å²) in [7, 11) is 1.17. The minimum Gasteiger partial charge on any atom is -0.756 e. The lowest BCUT2D eigenvalue weighted by atomic mass is 10.0. The zero-order valence-corrected chi connectivity index (χ0v) is 56.3. The first-order valence-electron chi connectivity index (χ1n) is 35.2. The van der Waals surface area contributed by atoms with Crippen molar-refractivity contribution in [2.24, 2.45) is 0 Å². The third kappa shape index (κ3) is 63.8. The van der Waals surface area contributed by atoms with Crippen LogP contribution in [0.2, 0.25) is 0 Å². The number of unbranched alkanes of at least 4 members (excludes halogenated alkanes) is 38. The van der Waals surface area contributed by atoms with E-state index >= 15 is 0 Å². The van der Waals surface area contributed by atoms with Crippen molar-refractivity contribution in [1.82, 2.24) is 5.32 Å². The third-order valence-corrected chi connectivity index (χ3v) is 16.6. The molecule has 0 aliphatic heterocycles. The summed E-state index contributed by atoms with van der Waals surface area (Å²) in [5, 5.41) is 3.03. The molecule has 10 heteroatoms. The minimum atomic E-state index is -4.71. The predicted octanol–water partition coefficient (Wildman–Crippen LogP) is 21.7.